The summed E-state index contributed by atoms with van der Waals surface area (Å²) in [4.78, 5) is 11.5. The van der Waals surface area contributed by atoms with Crippen LogP contribution in [0.15, 0.2) is 22.7 Å². The van der Waals surface area contributed by atoms with Crippen LogP contribution in [0.3, 0.4) is 0 Å². The predicted molar refractivity (Wildman–Crippen MR) is 73.8 cm³/mol. The number of carbonyl (C=O) groups excluding carboxylic acids is 1. The third-order valence-electron chi connectivity index (χ3n) is 2.65. The van der Waals surface area contributed by atoms with E-state index in [9.17, 15) is 18.0 Å². The third kappa shape index (κ3) is 5.55. The van der Waals surface area contributed by atoms with Gasteiger partial charge in [-0.3, -0.25) is 10.1 Å². The quantitative estimate of drug-likeness (QED) is 0.808. The Morgan fingerprint density at radius 3 is 2.43 bits per heavy atom. The molecule has 0 atom stereocenters. The molecule has 0 saturated carbocycles. The molecule has 4 nitrogen and oxygen atoms in total. The van der Waals surface area contributed by atoms with Crippen LogP contribution in [0.25, 0.3) is 0 Å². The van der Waals surface area contributed by atoms with Crippen LogP contribution < -0.4 is 10.1 Å². The van der Waals surface area contributed by atoms with Gasteiger partial charge in [0.1, 0.15) is 11.3 Å². The van der Waals surface area contributed by atoms with Crippen LogP contribution >= 0.6 is 15.9 Å². The minimum atomic E-state index is -4.74. The van der Waals surface area contributed by atoms with Crippen molar-refractivity contribution in [3.05, 3.63) is 28.2 Å². The van der Waals surface area contributed by atoms with Gasteiger partial charge in [-0.1, -0.05) is 6.07 Å². The number of rotatable bonds is 5. The minimum absolute atomic E-state index is 0.176. The van der Waals surface area contributed by atoms with Crippen molar-refractivity contribution in [2.75, 3.05) is 7.11 Å². The van der Waals surface area contributed by atoms with E-state index in [2.05, 4.69) is 30.7 Å². The molecule has 0 aliphatic rings. The Morgan fingerprint density at radius 2 is 1.95 bits per heavy atom. The number of benzene rings is 1. The van der Waals surface area contributed by atoms with Gasteiger partial charge in [-0.25, -0.2) is 0 Å². The molecule has 0 aliphatic carbocycles. The monoisotopic (exact) mass is 369 g/mol. The Bertz CT molecular complexity index is 518. The van der Waals surface area contributed by atoms with Crippen LogP contribution in [-0.2, 0) is 16.1 Å². The van der Waals surface area contributed by atoms with Crippen LogP contribution in [0.2, 0.25) is 0 Å². The maximum Gasteiger partial charge on any atom is 0.573 e. The molecule has 8 heteroatoms. The van der Waals surface area contributed by atoms with E-state index in [-0.39, 0.29) is 16.8 Å². The summed E-state index contributed by atoms with van der Waals surface area (Å²) in [6, 6.07) is 4.17. The standard InChI is InChI=1S/C13H15BrF3NO3/c1-12(2,11(19)20-3)18-7-8-4-5-10(9(14)6-8)21-13(15,16)17/h4-6,18H,7H2,1-3H3. The van der Waals surface area contributed by atoms with Crippen molar-refractivity contribution in [3.63, 3.8) is 0 Å². The van der Waals surface area contributed by atoms with E-state index in [0.717, 1.165) is 0 Å². The van der Waals surface area contributed by atoms with Gasteiger partial charge in [-0.05, 0) is 47.5 Å². The summed E-state index contributed by atoms with van der Waals surface area (Å²) in [6.07, 6.45) is -4.74. The van der Waals surface area contributed by atoms with Gasteiger partial charge in [0, 0.05) is 6.54 Å². The van der Waals surface area contributed by atoms with Gasteiger partial charge in [-0.2, -0.15) is 0 Å². The molecule has 0 spiro atoms. The summed E-state index contributed by atoms with van der Waals surface area (Å²) < 4.78 is 45.1. The zero-order chi connectivity index (χ0) is 16.3. The minimum Gasteiger partial charge on any atom is -0.468 e. The van der Waals surface area contributed by atoms with Crippen LogP contribution in [-0.4, -0.2) is 25.0 Å². The summed E-state index contributed by atoms with van der Waals surface area (Å²) in [5, 5.41) is 2.96. The highest BCUT2D eigenvalue weighted by molar-refractivity contribution is 9.10. The highest BCUT2D eigenvalue weighted by Crippen LogP contribution is 2.31. The maximum atomic E-state index is 12.1. The number of ether oxygens (including phenoxy) is 2. The lowest BCUT2D eigenvalue weighted by Crippen LogP contribution is -2.46. The van der Waals surface area contributed by atoms with E-state index < -0.39 is 17.9 Å². The second kappa shape index (κ2) is 6.65. The normalized spacial score (nSPS) is 12.1. The van der Waals surface area contributed by atoms with Crippen LogP contribution in [0.1, 0.15) is 19.4 Å². The molecular formula is C13H15BrF3NO3. The zero-order valence-electron chi connectivity index (χ0n) is 11.7. The topological polar surface area (TPSA) is 47.6 Å². The van der Waals surface area contributed by atoms with Crippen LogP contribution in [0.5, 0.6) is 5.75 Å². The maximum absolute atomic E-state index is 12.1. The van der Waals surface area contributed by atoms with Crippen LogP contribution in [0, 0.1) is 0 Å². The number of esters is 1. The Kier molecular flexibility index (Phi) is 5.63. The SMILES string of the molecule is COC(=O)C(C)(C)NCc1ccc(OC(F)(F)F)c(Br)c1. The summed E-state index contributed by atoms with van der Waals surface area (Å²) >= 11 is 3.02. The van der Waals surface area contributed by atoms with E-state index in [1.807, 2.05) is 0 Å². The lowest BCUT2D eigenvalue weighted by Gasteiger charge is -2.23. The first kappa shape index (κ1) is 17.8. The second-order valence-electron chi connectivity index (χ2n) is 4.78. The Morgan fingerprint density at radius 1 is 1.33 bits per heavy atom. The smallest absolute Gasteiger partial charge is 0.468 e. The highest BCUT2D eigenvalue weighted by Gasteiger charge is 2.32. The number of halogens is 4. The first-order chi connectivity index (χ1) is 9.55. The van der Waals surface area contributed by atoms with Crippen LogP contribution in [0.4, 0.5) is 13.2 Å². The molecule has 0 unspecified atom stereocenters. The van der Waals surface area contributed by atoms with Crippen molar-refractivity contribution in [2.45, 2.75) is 32.3 Å². The molecule has 0 heterocycles. The zero-order valence-corrected chi connectivity index (χ0v) is 13.3. The van der Waals surface area contributed by atoms with Gasteiger partial charge in [0.2, 0.25) is 0 Å². The lowest BCUT2D eigenvalue weighted by molar-refractivity contribution is -0.274. The van der Waals surface area contributed by atoms with Crippen molar-refractivity contribution in [3.8, 4) is 5.75 Å². The highest BCUT2D eigenvalue weighted by atomic mass is 79.9. The molecule has 0 fully saturated rings. The van der Waals surface area contributed by atoms with Gasteiger partial charge in [-0.15, -0.1) is 13.2 Å². The Hall–Kier alpha value is -1.28. The fraction of sp³-hybridized carbons (Fsp3) is 0.462. The molecule has 0 radical (unpaired) electrons. The molecule has 21 heavy (non-hydrogen) atoms. The number of carbonyl (C=O) groups is 1. The second-order valence-corrected chi connectivity index (χ2v) is 5.64. The van der Waals surface area contributed by atoms with Crippen molar-refractivity contribution in [1.82, 2.24) is 5.32 Å². The Labute approximate surface area is 128 Å². The first-order valence-corrected chi connectivity index (χ1v) is 6.72. The molecular weight excluding hydrogens is 355 g/mol. The molecule has 0 bridgehead atoms. The van der Waals surface area contributed by atoms with Crippen molar-refractivity contribution < 1.29 is 27.4 Å². The molecule has 0 aliphatic heterocycles. The van der Waals surface area contributed by atoms with E-state index in [4.69, 9.17) is 0 Å². The largest absolute Gasteiger partial charge is 0.573 e. The molecule has 1 N–H and O–H groups in total. The van der Waals surface area contributed by atoms with Gasteiger partial charge < -0.3 is 9.47 Å². The van der Waals surface area contributed by atoms with E-state index in [1.165, 1.54) is 25.3 Å². The molecule has 118 valence electrons. The van der Waals surface area contributed by atoms with Gasteiger partial charge in [0.05, 0.1) is 11.6 Å². The number of methoxy groups -OCH3 is 1. The van der Waals surface area contributed by atoms with Gasteiger partial charge >= 0.3 is 12.3 Å². The predicted octanol–water partition coefficient (Wildman–Crippen LogP) is 3.39. The molecule has 1 aromatic rings. The number of alkyl halides is 3. The summed E-state index contributed by atoms with van der Waals surface area (Å²) in [5.41, 5.74) is -0.212. The number of hydrogen-bond acceptors (Lipinski definition) is 4. The fourth-order valence-corrected chi connectivity index (χ4v) is 2.02. The average Bonchev–Trinajstić information content (AvgIpc) is 2.37. The summed E-state index contributed by atoms with van der Waals surface area (Å²) in [7, 11) is 1.28. The molecule has 0 saturated heterocycles. The van der Waals surface area contributed by atoms with Crippen molar-refractivity contribution in [1.29, 1.82) is 0 Å². The van der Waals surface area contributed by atoms with E-state index in [0.29, 0.717) is 5.56 Å². The van der Waals surface area contributed by atoms with Crippen molar-refractivity contribution >= 4 is 21.9 Å². The number of hydrogen-bond donors (Lipinski definition) is 1. The fourth-order valence-electron chi connectivity index (χ4n) is 1.51. The molecule has 1 aromatic carbocycles. The Balaban J connectivity index is 2.75. The lowest BCUT2D eigenvalue weighted by atomic mass is 10.1. The van der Waals surface area contributed by atoms with E-state index >= 15 is 0 Å². The van der Waals surface area contributed by atoms with Gasteiger partial charge in [0.25, 0.3) is 0 Å². The summed E-state index contributed by atoms with van der Waals surface area (Å²) in [6.45, 7) is 3.58. The third-order valence-corrected chi connectivity index (χ3v) is 3.27. The number of nitrogens with one attached hydrogen (secondary N) is 1. The van der Waals surface area contributed by atoms with Crippen molar-refractivity contribution in [2.24, 2.45) is 0 Å². The average molecular weight is 370 g/mol. The van der Waals surface area contributed by atoms with Gasteiger partial charge in [0.15, 0.2) is 0 Å². The summed E-state index contributed by atoms with van der Waals surface area (Å²) in [5.74, 6) is -0.753. The molecule has 0 amide bonds. The first-order valence-electron chi connectivity index (χ1n) is 5.93. The molecule has 1 rings (SSSR count). The molecule has 0 aromatic heterocycles. The van der Waals surface area contributed by atoms with E-state index in [1.54, 1.807) is 13.8 Å².